The fourth-order valence-electron chi connectivity index (χ4n) is 3.97. The first kappa shape index (κ1) is 21.6. The summed E-state index contributed by atoms with van der Waals surface area (Å²) >= 11 is 0. The molecule has 1 aliphatic rings. The van der Waals surface area contributed by atoms with Crippen molar-refractivity contribution in [2.75, 3.05) is 11.4 Å². The summed E-state index contributed by atoms with van der Waals surface area (Å²) in [6.45, 7) is 4.47. The molecule has 2 heterocycles. The normalized spacial score (nSPS) is 16.1. The van der Waals surface area contributed by atoms with Gasteiger partial charge in [-0.1, -0.05) is 56.3 Å². The Bertz CT molecular complexity index is 1090. The predicted octanol–water partition coefficient (Wildman–Crippen LogP) is 4.42. The maximum absolute atomic E-state index is 13.3. The highest BCUT2D eigenvalue weighted by atomic mass is 16.3. The summed E-state index contributed by atoms with van der Waals surface area (Å²) in [5.41, 5.74) is 2.70. The number of hydrogen-bond donors (Lipinski definition) is 0. The number of furan rings is 1. The van der Waals surface area contributed by atoms with E-state index in [2.05, 4.69) is 13.8 Å². The van der Waals surface area contributed by atoms with E-state index in [1.807, 2.05) is 42.5 Å². The number of nitrogens with zero attached hydrogens (tertiary/aromatic N) is 2. The largest absolute Gasteiger partial charge is 0.459 e. The summed E-state index contributed by atoms with van der Waals surface area (Å²) in [5.74, 6) is -0.595. The number of carbonyl (C=O) groups excluding carboxylic acids is 3. The molecular formula is C26H26N2O4. The molecule has 3 aromatic rings. The minimum absolute atomic E-state index is 0.0496. The van der Waals surface area contributed by atoms with Crippen LogP contribution in [0.3, 0.4) is 0 Å². The maximum Gasteiger partial charge on any atom is 0.290 e. The minimum Gasteiger partial charge on any atom is -0.459 e. The first-order valence-electron chi connectivity index (χ1n) is 10.8. The maximum atomic E-state index is 13.3. The van der Waals surface area contributed by atoms with Crippen molar-refractivity contribution >= 4 is 23.4 Å². The highest BCUT2D eigenvalue weighted by Crippen LogP contribution is 2.28. The fourth-order valence-corrected chi connectivity index (χ4v) is 3.97. The fraction of sp³-hybridized carbons (Fsp3) is 0.269. The lowest BCUT2D eigenvalue weighted by molar-refractivity contribution is -0.122. The molecule has 0 aliphatic carbocycles. The van der Waals surface area contributed by atoms with Crippen molar-refractivity contribution in [1.29, 1.82) is 0 Å². The smallest absolute Gasteiger partial charge is 0.290 e. The van der Waals surface area contributed by atoms with Gasteiger partial charge in [0, 0.05) is 6.54 Å². The molecule has 1 aromatic heterocycles. The zero-order valence-electron chi connectivity index (χ0n) is 18.2. The van der Waals surface area contributed by atoms with Gasteiger partial charge >= 0.3 is 0 Å². The van der Waals surface area contributed by atoms with Gasteiger partial charge in [0.15, 0.2) is 5.76 Å². The van der Waals surface area contributed by atoms with Crippen LogP contribution in [0.2, 0.25) is 0 Å². The Kier molecular flexibility index (Phi) is 6.21. The average Bonchev–Trinajstić information content (AvgIpc) is 3.43. The third-order valence-electron chi connectivity index (χ3n) is 5.79. The van der Waals surface area contributed by atoms with E-state index in [1.165, 1.54) is 16.1 Å². The molecular weight excluding hydrogens is 404 g/mol. The number of imide groups is 1. The molecule has 1 unspecified atom stereocenters. The number of anilines is 1. The Hall–Kier alpha value is -3.67. The highest BCUT2D eigenvalue weighted by molar-refractivity contribution is 6.23. The van der Waals surface area contributed by atoms with Crippen LogP contribution in [0.4, 0.5) is 5.69 Å². The lowest BCUT2D eigenvalue weighted by atomic mass is 10.0. The van der Waals surface area contributed by atoms with Gasteiger partial charge in [-0.05, 0) is 47.7 Å². The Morgan fingerprint density at radius 2 is 1.75 bits per heavy atom. The summed E-state index contributed by atoms with van der Waals surface area (Å²) in [5, 5.41) is 0. The van der Waals surface area contributed by atoms with E-state index in [4.69, 9.17) is 4.42 Å². The van der Waals surface area contributed by atoms with E-state index >= 15 is 0 Å². The molecule has 1 atom stereocenters. The molecule has 0 N–H and O–H groups in total. The molecule has 6 heteroatoms. The van der Waals surface area contributed by atoms with Crippen molar-refractivity contribution in [1.82, 2.24) is 4.90 Å². The molecule has 0 radical (unpaired) electrons. The molecule has 2 aromatic carbocycles. The van der Waals surface area contributed by atoms with Gasteiger partial charge in [0.1, 0.15) is 6.04 Å². The monoisotopic (exact) mass is 430 g/mol. The third kappa shape index (κ3) is 4.35. The zero-order chi connectivity index (χ0) is 22.7. The Balaban J connectivity index is 1.59. The Morgan fingerprint density at radius 1 is 1.03 bits per heavy atom. The second-order valence-corrected chi connectivity index (χ2v) is 8.24. The number of amides is 3. The van der Waals surface area contributed by atoms with Gasteiger partial charge in [-0.25, -0.2) is 4.90 Å². The van der Waals surface area contributed by atoms with E-state index < -0.39 is 11.9 Å². The molecule has 1 fully saturated rings. The van der Waals surface area contributed by atoms with Gasteiger partial charge in [0.2, 0.25) is 5.91 Å². The number of benzene rings is 2. The van der Waals surface area contributed by atoms with Crippen molar-refractivity contribution < 1.29 is 18.8 Å². The van der Waals surface area contributed by atoms with Gasteiger partial charge < -0.3 is 9.32 Å². The summed E-state index contributed by atoms with van der Waals surface area (Å²) in [4.78, 5) is 42.0. The predicted molar refractivity (Wildman–Crippen MR) is 121 cm³/mol. The van der Waals surface area contributed by atoms with Crippen molar-refractivity contribution in [3.05, 3.63) is 89.9 Å². The summed E-state index contributed by atoms with van der Waals surface area (Å²) < 4.78 is 5.30. The first-order valence-corrected chi connectivity index (χ1v) is 10.8. The van der Waals surface area contributed by atoms with E-state index in [1.54, 1.807) is 24.3 Å². The van der Waals surface area contributed by atoms with Crippen LogP contribution >= 0.6 is 0 Å². The standard InChI is InChI=1S/C26H26N2O4/c1-18(2)20-10-12-21(13-11-20)28-24(29)17-22(25(28)30)27(26(31)23-9-6-16-32-23)15-14-19-7-4-3-5-8-19/h3-13,16,18,22H,14-15,17H2,1-2H3. The molecule has 1 saturated heterocycles. The molecule has 3 amide bonds. The highest BCUT2D eigenvalue weighted by Gasteiger charge is 2.44. The summed E-state index contributed by atoms with van der Waals surface area (Å²) in [6, 6.07) is 19.5. The molecule has 164 valence electrons. The van der Waals surface area contributed by atoms with E-state index in [9.17, 15) is 14.4 Å². The van der Waals surface area contributed by atoms with Crippen molar-refractivity contribution in [2.24, 2.45) is 0 Å². The molecule has 32 heavy (non-hydrogen) atoms. The molecule has 0 bridgehead atoms. The summed E-state index contributed by atoms with van der Waals surface area (Å²) in [6.07, 6.45) is 1.94. The lowest BCUT2D eigenvalue weighted by Gasteiger charge is -2.27. The lowest BCUT2D eigenvalue weighted by Crippen LogP contribution is -2.46. The second-order valence-electron chi connectivity index (χ2n) is 8.24. The first-order chi connectivity index (χ1) is 15.5. The number of carbonyl (C=O) groups is 3. The van der Waals surface area contributed by atoms with Crippen LogP contribution in [0.25, 0.3) is 0 Å². The van der Waals surface area contributed by atoms with Crippen LogP contribution in [0.1, 0.15) is 47.9 Å². The van der Waals surface area contributed by atoms with Crippen LogP contribution in [-0.2, 0) is 16.0 Å². The molecule has 4 rings (SSSR count). The number of hydrogen-bond acceptors (Lipinski definition) is 4. The van der Waals surface area contributed by atoms with Crippen molar-refractivity contribution in [3.63, 3.8) is 0 Å². The summed E-state index contributed by atoms with van der Waals surface area (Å²) in [7, 11) is 0. The quantitative estimate of drug-likeness (QED) is 0.520. The third-order valence-corrected chi connectivity index (χ3v) is 5.79. The van der Waals surface area contributed by atoms with Gasteiger partial charge in [-0.2, -0.15) is 0 Å². The topological polar surface area (TPSA) is 70.8 Å². The van der Waals surface area contributed by atoms with E-state index in [-0.39, 0.29) is 24.0 Å². The van der Waals surface area contributed by atoms with Crippen LogP contribution in [0.15, 0.2) is 77.4 Å². The van der Waals surface area contributed by atoms with Crippen molar-refractivity contribution in [3.8, 4) is 0 Å². The molecule has 6 nitrogen and oxygen atoms in total. The van der Waals surface area contributed by atoms with Gasteiger partial charge in [-0.3, -0.25) is 14.4 Å². The number of rotatable bonds is 7. The van der Waals surface area contributed by atoms with Gasteiger partial charge in [0.05, 0.1) is 18.4 Å². The molecule has 1 aliphatic heterocycles. The zero-order valence-corrected chi connectivity index (χ0v) is 18.2. The van der Waals surface area contributed by atoms with Crippen molar-refractivity contribution in [2.45, 2.75) is 38.6 Å². The van der Waals surface area contributed by atoms with Crippen LogP contribution in [0, 0.1) is 0 Å². The average molecular weight is 431 g/mol. The molecule has 0 saturated carbocycles. The van der Waals surface area contributed by atoms with Crippen LogP contribution < -0.4 is 4.90 Å². The second kappa shape index (κ2) is 9.22. The van der Waals surface area contributed by atoms with E-state index in [0.29, 0.717) is 24.6 Å². The van der Waals surface area contributed by atoms with E-state index in [0.717, 1.165) is 11.1 Å². The minimum atomic E-state index is -0.867. The van der Waals surface area contributed by atoms with Crippen LogP contribution in [-0.4, -0.2) is 35.2 Å². The SMILES string of the molecule is CC(C)c1ccc(N2C(=O)CC(N(CCc3ccccc3)C(=O)c3ccco3)C2=O)cc1. The Labute approximate surface area is 187 Å². The molecule has 0 spiro atoms. The van der Waals surface area contributed by atoms with Gasteiger partial charge in [0.25, 0.3) is 11.8 Å². The van der Waals surface area contributed by atoms with Gasteiger partial charge in [-0.15, -0.1) is 0 Å². The van der Waals surface area contributed by atoms with Crippen LogP contribution in [0.5, 0.6) is 0 Å². The Morgan fingerprint density at radius 3 is 2.38 bits per heavy atom.